The lowest BCUT2D eigenvalue weighted by Crippen LogP contribution is -2.51. The molecule has 1 heterocycles. The predicted octanol–water partition coefficient (Wildman–Crippen LogP) is -0.302. The Kier molecular flexibility index (Phi) is 4.31. The van der Waals surface area contributed by atoms with Gasteiger partial charge in [0.1, 0.15) is 0 Å². The first-order valence-corrected chi connectivity index (χ1v) is 5.12. The van der Waals surface area contributed by atoms with Crippen LogP contribution >= 0.6 is 0 Å². The molecule has 0 aliphatic carbocycles. The molecule has 4 heteroatoms. The van der Waals surface area contributed by atoms with Crippen LogP contribution in [0.2, 0.25) is 0 Å². The highest BCUT2D eigenvalue weighted by atomic mass is 16.5. The molecule has 4 nitrogen and oxygen atoms in total. The van der Waals surface area contributed by atoms with Crippen molar-refractivity contribution in [3.63, 3.8) is 0 Å². The number of rotatable bonds is 4. The summed E-state index contributed by atoms with van der Waals surface area (Å²) in [6, 6.07) is 0.0922. The number of aliphatic hydroxyl groups excluding tert-OH is 2. The van der Waals surface area contributed by atoms with Gasteiger partial charge in [-0.1, -0.05) is 13.8 Å². The van der Waals surface area contributed by atoms with E-state index in [1.54, 1.807) is 0 Å². The molecule has 1 atom stereocenters. The van der Waals surface area contributed by atoms with Gasteiger partial charge in [0.2, 0.25) is 0 Å². The zero-order valence-corrected chi connectivity index (χ0v) is 9.07. The van der Waals surface area contributed by atoms with Crippen LogP contribution < -0.4 is 0 Å². The van der Waals surface area contributed by atoms with Gasteiger partial charge >= 0.3 is 0 Å². The van der Waals surface area contributed by atoms with Crippen LogP contribution in [-0.2, 0) is 4.74 Å². The van der Waals surface area contributed by atoms with Crippen molar-refractivity contribution in [2.75, 3.05) is 39.5 Å². The second-order valence-electron chi connectivity index (χ2n) is 4.70. The van der Waals surface area contributed by atoms with Crippen molar-refractivity contribution >= 4 is 0 Å². The molecule has 0 amide bonds. The maximum absolute atomic E-state index is 9.16. The van der Waals surface area contributed by atoms with Gasteiger partial charge in [-0.25, -0.2) is 0 Å². The molecule has 1 saturated heterocycles. The molecule has 1 unspecified atom stereocenters. The highest BCUT2D eigenvalue weighted by molar-refractivity contribution is 4.80. The van der Waals surface area contributed by atoms with Crippen LogP contribution in [0.3, 0.4) is 0 Å². The zero-order valence-electron chi connectivity index (χ0n) is 9.07. The third kappa shape index (κ3) is 3.20. The smallest absolute Gasteiger partial charge is 0.0644 e. The molecule has 0 radical (unpaired) electrons. The van der Waals surface area contributed by atoms with Gasteiger partial charge in [-0.2, -0.15) is 0 Å². The first-order valence-electron chi connectivity index (χ1n) is 5.12. The Morgan fingerprint density at radius 1 is 1.43 bits per heavy atom. The highest BCUT2D eigenvalue weighted by Gasteiger charge is 2.28. The van der Waals surface area contributed by atoms with Gasteiger partial charge in [-0.15, -0.1) is 0 Å². The number of aliphatic hydroxyl groups is 2. The van der Waals surface area contributed by atoms with Crippen LogP contribution in [0.25, 0.3) is 0 Å². The van der Waals surface area contributed by atoms with E-state index in [9.17, 15) is 0 Å². The average molecular weight is 203 g/mol. The topological polar surface area (TPSA) is 52.9 Å². The molecule has 0 bridgehead atoms. The number of ether oxygens (including phenoxy) is 1. The third-order valence-electron chi connectivity index (χ3n) is 2.62. The van der Waals surface area contributed by atoms with Gasteiger partial charge < -0.3 is 14.9 Å². The summed E-state index contributed by atoms with van der Waals surface area (Å²) in [5.41, 5.74) is -0.106. The average Bonchev–Trinajstić information content (AvgIpc) is 2.18. The molecule has 1 aliphatic heterocycles. The summed E-state index contributed by atoms with van der Waals surface area (Å²) in [4.78, 5) is 2.19. The lowest BCUT2D eigenvalue weighted by molar-refractivity contribution is -0.0465. The van der Waals surface area contributed by atoms with Crippen molar-refractivity contribution in [3.8, 4) is 0 Å². The van der Waals surface area contributed by atoms with Crippen molar-refractivity contribution in [1.29, 1.82) is 0 Å². The lowest BCUT2D eigenvalue weighted by Gasteiger charge is -2.39. The molecule has 2 N–H and O–H groups in total. The van der Waals surface area contributed by atoms with Crippen LogP contribution in [0.4, 0.5) is 0 Å². The van der Waals surface area contributed by atoms with E-state index in [0.29, 0.717) is 6.61 Å². The first kappa shape index (κ1) is 11.9. The minimum atomic E-state index is -0.106. The van der Waals surface area contributed by atoms with Crippen LogP contribution in [-0.4, -0.2) is 60.7 Å². The van der Waals surface area contributed by atoms with Gasteiger partial charge in [-0.05, 0) is 0 Å². The van der Waals surface area contributed by atoms with Gasteiger partial charge in [0.05, 0.1) is 25.9 Å². The summed E-state index contributed by atoms with van der Waals surface area (Å²) in [6.45, 7) is 7.31. The summed E-state index contributed by atoms with van der Waals surface area (Å²) in [5.74, 6) is 0. The number of nitrogens with zero attached hydrogens (tertiary/aromatic N) is 1. The van der Waals surface area contributed by atoms with E-state index in [0.717, 1.165) is 19.7 Å². The Morgan fingerprint density at radius 2 is 2.14 bits per heavy atom. The maximum Gasteiger partial charge on any atom is 0.0644 e. The minimum Gasteiger partial charge on any atom is -0.396 e. The number of hydrogen-bond donors (Lipinski definition) is 2. The molecule has 0 saturated carbocycles. The second-order valence-corrected chi connectivity index (χ2v) is 4.70. The Bertz CT molecular complexity index is 173. The number of hydrogen-bond acceptors (Lipinski definition) is 4. The second kappa shape index (κ2) is 5.07. The molecule has 1 fully saturated rings. The van der Waals surface area contributed by atoms with Gasteiger partial charge in [-0.3, -0.25) is 4.90 Å². The van der Waals surface area contributed by atoms with Crippen LogP contribution in [0.15, 0.2) is 0 Å². The molecular weight excluding hydrogens is 182 g/mol. The van der Waals surface area contributed by atoms with E-state index in [1.165, 1.54) is 0 Å². The summed E-state index contributed by atoms with van der Waals surface area (Å²) in [7, 11) is 0. The van der Waals surface area contributed by atoms with E-state index in [4.69, 9.17) is 14.9 Å². The normalized spacial score (nSPS) is 25.3. The fraction of sp³-hybridized carbons (Fsp3) is 1.00. The van der Waals surface area contributed by atoms with E-state index in [-0.39, 0.29) is 24.7 Å². The van der Waals surface area contributed by atoms with Crippen LogP contribution in [0.1, 0.15) is 13.8 Å². The molecule has 0 aromatic heterocycles. The fourth-order valence-corrected chi connectivity index (χ4v) is 1.67. The molecule has 14 heavy (non-hydrogen) atoms. The third-order valence-corrected chi connectivity index (χ3v) is 2.62. The molecule has 1 aliphatic rings. The van der Waals surface area contributed by atoms with Gasteiger partial charge in [0, 0.05) is 25.1 Å². The van der Waals surface area contributed by atoms with Crippen LogP contribution in [0, 0.1) is 5.41 Å². The van der Waals surface area contributed by atoms with Crippen molar-refractivity contribution in [2.45, 2.75) is 19.9 Å². The summed E-state index contributed by atoms with van der Waals surface area (Å²) >= 11 is 0. The Hall–Kier alpha value is -0.160. The van der Waals surface area contributed by atoms with Crippen molar-refractivity contribution in [3.05, 3.63) is 0 Å². The van der Waals surface area contributed by atoms with E-state index in [2.05, 4.69) is 4.90 Å². The fourth-order valence-electron chi connectivity index (χ4n) is 1.67. The number of morpholine rings is 1. The van der Waals surface area contributed by atoms with E-state index >= 15 is 0 Å². The lowest BCUT2D eigenvalue weighted by atomic mass is 9.93. The minimum absolute atomic E-state index is 0.0922. The Balaban J connectivity index is 2.48. The maximum atomic E-state index is 9.16. The first-order chi connectivity index (χ1) is 6.59. The van der Waals surface area contributed by atoms with E-state index < -0.39 is 0 Å². The van der Waals surface area contributed by atoms with Gasteiger partial charge in [0.15, 0.2) is 0 Å². The standard InChI is InChI=1S/C10H21NO3/c1-10(2,8-13)7-11-3-4-14-6-9(11)5-12/h9,12-13H,3-8H2,1-2H3. The highest BCUT2D eigenvalue weighted by Crippen LogP contribution is 2.18. The summed E-state index contributed by atoms with van der Waals surface area (Å²) in [5, 5.41) is 18.3. The SMILES string of the molecule is CC(C)(CO)CN1CCOCC1CO. The molecule has 84 valence electrons. The molecule has 0 aromatic carbocycles. The van der Waals surface area contributed by atoms with Crippen LogP contribution in [0.5, 0.6) is 0 Å². The largest absolute Gasteiger partial charge is 0.396 e. The van der Waals surface area contributed by atoms with E-state index in [1.807, 2.05) is 13.8 Å². The molecule has 1 rings (SSSR count). The van der Waals surface area contributed by atoms with Gasteiger partial charge in [0.25, 0.3) is 0 Å². The summed E-state index contributed by atoms with van der Waals surface area (Å²) in [6.07, 6.45) is 0. The molecular formula is C10H21NO3. The molecule has 0 aromatic rings. The molecule has 0 spiro atoms. The quantitative estimate of drug-likeness (QED) is 0.658. The predicted molar refractivity (Wildman–Crippen MR) is 54.1 cm³/mol. The van der Waals surface area contributed by atoms with Crippen molar-refractivity contribution < 1.29 is 14.9 Å². The van der Waals surface area contributed by atoms with Crippen molar-refractivity contribution in [1.82, 2.24) is 4.90 Å². The Labute approximate surface area is 85.5 Å². The Morgan fingerprint density at radius 3 is 2.71 bits per heavy atom. The monoisotopic (exact) mass is 203 g/mol. The van der Waals surface area contributed by atoms with Crippen molar-refractivity contribution in [2.24, 2.45) is 5.41 Å². The summed E-state index contributed by atoms with van der Waals surface area (Å²) < 4.78 is 5.29. The zero-order chi connectivity index (χ0) is 10.6.